The zero-order valence-corrected chi connectivity index (χ0v) is 26.1. The lowest BCUT2D eigenvalue weighted by atomic mass is 9.72. The highest BCUT2D eigenvalue weighted by Gasteiger charge is 2.69. The molecule has 2 fully saturated rings. The van der Waals surface area contributed by atoms with Gasteiger partial charge in [0, 0.05) is 4.88 Å². The first-order valence-corrected chi connectivity index (χ1v) is 17.1. The Bertz CT molecular complexity index is 1560. The van der Waals surface area contributed by atoms with Crippen LogP contribution in [0.15, 0.2) is 139 Å². The van der Waals surface area contributed by atoms with Gasteiger partial charge in [-0.3, -0.25) is 13.6 Å². The molecule has 5 aromatic rings. The third-order valence-electron chi connectivity index (χ3n) is 8.35. The van der Waals surface area contributed by atoms with Gasteiger partial charge in [-0.05, 0) is 47.5 Å². The first-order chi connectivity index (χ1) is 21.3. The lowest BCUT2D eigenvalue weighted by Gasteiger charge is -2.41. The fourth-order valence-electron chi connectivity index (χ4n) is 6.52. The van der Waals surface area contributed by atoms with E-state index in [2.05, 4.69) is 0 Å². The summed E-state index contributed by atoms with van der Waals surface area (Å²) in [7, 11) is -4.53. The third kappa shape index (κ3) is 4.72. The van der Waals surface area contributed by atoms with Crippen molar-refractivity contribution in [2.45, 2.75) is 48.9 Å². The van der Waals surface area contributed by atoms with Crippen molar-refractivity contribution >= 4 is 18.9 Å². The minimum Gasteiger partial charge on any atom is -0.376 e. The molecule has 0 spiro atoms. The molecule has 44 heavy (non-hydrogen) atoms. The zero-order chi connectivity index (χ0) is 30.4. The fraction of sp³-hybridized carbons (Fsp3) is 0.222. The van der Waals surface area contributed by atoms with Gasteiger partial charge in [0.1, 0.15) is 12.2 Å². The second-order valence-electron chi connectivity index (χ2n) is 11.5. The van der Waals surface area contributed by atoms with E-state index in [1.165, 1.54) is 11.3 Å². The Balaban J connectivity index is 1.62. The van der Waals surface area contributed by atoms with E-state index in [1.807, 2.05) is 141 Å². The number of benzene rings is 4. The van der Waals surface area contributed by atoms with Crippen molar-refractivity contribution in [2.75, 3.05) is 0 Å². The molecular formula is C36H33O6PS. The number of ether oxygens (including phenoxy) is 2. The molecule has 7 rings (SSSR count). The maximum absolute atomic E-state index is 15.8. The van der Waals surface area contributed by atoms with Crippen molar-refractivity contribution in [1.82, 2.24) is 0 Å². The molecule has 0 radical (unpaired) electrons. The Hall–Kier alpha value is -3.39. The fourth-order valence-corrected chi connectivity index (χ4v) is 9.75. The maximum Gasteiger partial charge on any atom is 0.366 e. The van der Waals surface area contributed by atoms with Crippen LogP contribution in [0.1, 0.15) is 46.8 Å². The predicted octanol–water partition coefficient (Wildman–Crippen LogP) is 8.39. The normalized spacial score (nSPS) is 23.7. The molecule has 1 aromatic heterocycles. The van der Waals surface area contributed by atoms with Gasteiger partial charge < -0.3 is 14.6 Å². The van der Waals surface area contributed by atoms with Gasteiger partial charge in [-0.25, -0.2) is 0 Å². The van der Waals surface area contributed by atoms with Gasteiger partial charge in [0.15, 0.2) is 22.8 Å². The summed E-state index contributed by atoms with van der Waals surface area (Å²) in [5, 5.41) is 13.9. The van der Waals surface area contributed by atoms with E-state index < -0.39 is 42.6 Å². The average Bonchev–Trinajstić information content (AvgIpc) is 3.70. The largest absolute Gasteiger partial charge is 0.376 e. The highest BCUT2D eigenvalue weighted by Crippen LogP contribution is 2.73. The Morgan fingerprint density at radius 2 is 0.977 bits per heavy atom. The number of hydrogen-bond acceptors (Lipinski definition) is 7. The highest BCUT2D eigenvalue weighted by atomic mass is 32.1. The van der Waals surface area contributed by atoms with Crippen molar-refractivity contribution in [1.29, 1.82) is 0 Å². The van der Waals surface area contributed by atoms with Crippen molar-refractivity contribution in [3.05, 3.63) is 166 Å². The van der Waals surface area contributed by atoms with Crippen LogP contribution in [-0.2, 0) is 34.3 Å². The molecule has 0 unspecified atom stereocenters. The van der Waals surface area contributed by atoms with Crippen LogP contribution in [0, 0.1) is 0 Å². The van der Waals surface area contributed by atoms with E-state index in [0.717, 1.165) is 0 Å². The molecule has 8 heteroatoms. The van der Waals surface area contributed by atoms with Crippen molar-refractivity contribution in [3.63, 3.8) is 0 Å². The topological polar surface area (TPSA) is 74.2 Å². The number of aliphatic hydroxyl groups is 1. The minimum atomic E-state index is -4.53. The summed E-state index contributed by atoms with van der Waals surface area (Å²) in [6.45, 7) is 3.73. The van der Waals surface area contributed by atoms with Crippen LogP contribution < -0.4 is 0 Å². The molecular weight excluding hydrogens is 591 g/mol. The lowest BCUT2D eigenvalue weighted by molar-refractivity contribution is -0.176. The van der Waals surface area contributed by atoms with E-state index >= 15 is 4.57 Å². The molecule has 0 bridgehead atoms. The summed E-state index contributed by atoms with van der Waals surface area (Å²) in [5.41, 5.74) is -0.244. The summed E-state index contributed by atoms with van der Waals surface area (Å²) in [5.74, 6) is -2.66. The summed E-state index contributed by atoms with van der Waals surface area (Å²) in [6, 6.07) is 41.9. The predicted molar refractivity (Wildman–Crippen MR) is 170 cm³/mol. The van der Waals surface area contributed by atoms with Crippen molar-refractivity contribution in [2.24, 2.45) is 0 Å². The number of aliphatic hydroxyl groups excluding tert-OH is 1. The third-order valence-corrected chi connectivity index (χ3v) is 11.4. The highest BCUT2D eigenvalue weighted by molar-refractivity contribution is 7.54. The SMILES string of the molecule is CC1(C)O[C@@H]2[C@@H](O1)C(c1ccccc1)(c1ccccc1)OP(=O)([C@@H](O)c1cccs1)OC2(c1ccccc1)c1ccccc1. The first-order valence-electron chi connectivity index (χ1n) is 14.6. The molecule has 4 aromatic carbocycles. The van der Waals surface area contributed by atoms with Gasteiger partial charge in [0.05, 0.1) is 0 Å². The number of fused-ring (bicyclic) bond motifs is 1. The van der Waals surface area contributed by atoms with Gasteiger partial charge in [-0.15, -0.1) is 11.3 Å². The molecule has 0 amide bonds. The quantitative estimate of drug-likeness (QED) is 0.191. The molecule has 6 nitrogen and oxygen atoms in total. The molecule has 0 saturated carbocycles. The molecule has 2 aliphatic heterocycles. The van der Waals surface area contributed by atoms with E-state index in [0.29, 0.717) is 27.1 Å². The van der Waals surface area contributed by atoms with E-state index in [4.69, 9.17) is 18.5 Å². The Morgan fingerprint density at radius 1 is 0.614 bits per heavy atom. The second kappa shape index (κ2) is 11.2. The van der Waals surface area contributed by atoms with E-state index in [-0.39, 0.29) is 0 Å². The van der Waals surface area contributed by atoms with E-state index in [1.54, 1.807) is 12.1 Å². The number of rotatable bonds is 6. The van der Waals surface area contributed by atoms with Gasteiger partial charge >= 0.3 is 7.60 Å². The van der Waals surface area contributed by atoms with Gasteiger partial charge in [0.25, 0.3) is 0 Å². The molecule has 1 N–H and O–H groups in total. The number of thiophene rings is 1. The first kappa shape index (κ1) is 29.3. The van der Waals surface area contributed by atoms with Crippen LogP contribution in [-0.4, -0.2) is 23.1 Å². The van der Waals surface area contributed by atoms with Crippen LogP contribution >= 0.6 is 18.9 Å². The van der Waals surface area contributed by atoms with Crippen LogP contribution in [0.5, 0.6) is 0 Å². The smallest absolute Gasteiger partial charge is 0.366 e. The van der Waals surface area contributed by atoms with Gasteiger partial charge in [0.2, 0.25) is 0 Å². The molecule has 0 aliphatic carbocycles. The summed E-state index contributed by atoms with van der Waals surface area (Å²) in [4.78, 5) is 0.465. The minimum absolute atomic E-state index is 0.465. The standard InChI is InChI=1S/C36H33O6PS/c1-34(2)39-31-32(40-34)36(28-20-11-5-12-21-28,29-22-13-6-14-23-29)42-43(38,33(37)30-24-15-25-44-30)41-35(31,26-16-7-3-8-17-26)27-18-9-4-10-19-27/h3-25,31-33,37H,1-2H3/t31-,32-,33-/m1/s1. The molecule has 2 saturated heterocycles. The zero-order valence-electron chi connectivity index (χ0n) is 24.4. The summed E-state index contributed by atoms with van der Waals surface area (Å²) in [6.07, 6.45) is -1.76. The summed E-state index contributed by atoms with van der Waals surface area (Å²) >= 11 is 1.29. The van der Waals surface area contributed by atoms with Crippen molar-refractivity contribution < 1.29 is 28.2 Å². The molecule has 224 valence electrons. The molecule has 3 heterocycles. The maximum atomic E-state index is 15.8. The second-order valence-corrected chi connectivity index (χ2v) is 14.4. The van der Waals surface area contributed by atoms with Gasteiger partial charge in [-0.1, -0.05) is 127 Å². The average molecular weight is 625 g/mol. The molecule has 3 atom stereocenters. The Labute approximate surface area is 261 Å². The van der Waals surface area contributed by atoms with Gasteiger partial charge in [-0.2, -0.15) is 0 Å². The molecule has 2 aliphatic rings. The van der Waals surface area contributed by atoms with Crippen LogP contribution in [0.2, 0.25) is 0 Å². The number of hydrogen-bond donors (Lipinski definition) is 1. The lowest BCUT2D eigenvalue weighted by Crippen LogP contribution is -2.53. The van der Waals surface area contributed by atoms with Crippen LogP contribution in [0.3, 0.4) is 0 Å². The Morgan fingerprint density at radius 3 is 1.30 bits per heavy atom. The Kier molecular flexibility index (Phi) is 7.47. The monoisotopic (exact) mass is 624 g/mol. The summed E-state index contributed by atoms with van der Waals surface area (Å²) < 4.78 is 43.6. The van der Waals surface area contributed by atoms with Crippen molar-refractivity contribution in [3.8, 4) is 0 Å². The van der Waals surface area contributed by atoms with Crippen LogP contribution in [0.4, 0.5) is 0 Å². The van der Waals surface area contributed by atoms with E-state index in [9.17, 15) is 5.11 Å². The van der Waals surface area contributed by atoms with Crippen LogP contribution in [0.25, 0.3) is 0 Å².